The summed E-state index contributed by atoms with van der Waals surface area (Å²) in [7, 11) is 0. The van der Waals surface area contributed by atoms with Crippen LogP contribution in [0.25, 0.3) is 22.2 Å². The van der Waals surface area contributed by atoms with Crippen LogP contribution in [0.15, 0.2) is 57.6 Å². The predicted octanol–water partition coefficient (Wildman–Crippen LogP) is 5.16. The van der Waals surface area contributed by atoms with E-state index in [0.717, 1.165) is 22.0 Å². The molecule has 0 aliphatic heterocycles. The average Bonchev–Trinajstić information content (AvgIpc) is 3.29. The zero-order valence-corrected chi connectivity index (χ0v) is 16.0. The Morgan fingerprint density at radius 2 is 1.92 bits per heavy atom. The van der Waals surface area contributed by atoms with Crippen LogP contribution in [0.4, 0.5) is 0 Å². The molecule has 0 saturated heterocycles. The molecule has 26 heavy (non-hydrogen) atoms. The summed E-state index contributed by atoms with van der Waals surface area (Å²) >= 11 is 3.08. The number of hydrogen-bond donors (Lipinski definition) is 0. The maximum absolute atomic E-state index is 5.80. The molecule has 4 rings (SSSR count). The molecule has 0 saturated carbocycles. The highest BCUT2D eigenvalue weighted by Gasteiger charge is 2.12. The van der Waals surface area contributed by atoms with Crippen LogP contribution in [0, 0.1) is 13.8 Å². The maximum atomic E-state index is 5.80. The molecule has 130 valence electrons. The van der Waals surface area contributed by atoms with Gasteiger partial charge in [-0.1, -0.05) is 35.0 Å². The number of benzene rings is 1. The number of aryl methyl sites for hydroxylation is 2. The molecule has 7 heteroatoms. The van der Waals surface area contributed by atoms with Gasteiger partial charge in [0.1, 0.15) is 5.01 Å². The third-order valence-electron chi connectivity index (χ3n) is 3.65. The summed E-state index contributed by atoms with van der Waals surface area (Å²) in [6.45, 7) is 4.12. The van der Waals surface area contributed by atoms with Crippen LogP contribution in [0.1, 0.15) is 16.8 Å². The third-order valence-corrected chi connectivity index (χ3v) is 5.42. The number of aromatic nitrogens is 4. The summed E-state index contributed by atoms with van der Waals surface area (Å²) in [6, 6.07) is 12.0. The lowest BCUT2D eigenvalue weighted by Crippen LogP contribution is -1.84. The van der Waals surface area contributed by atoms with Crippen molar-refractivity contribution in [1.82, 2.24) is 20.2 Å². The van der Waals surface area contributed by atoms with Crippen molar-refractivity contribution in [2.45, 2.75) is 24.8 Å². The quantitative estimate of drug-likeness (QED) is 0.445. The largest absolute Gasteiger partial charge is 0.411 e. The molecule has 0 N–H and O–H groups in total. The highest BCUT2D eigenvalue weighted by Crippen LogP contribution is 2.28. The lowest BCUT2D eigenvalue weighted by atomic mass is 10.1. The highest BCUT2D eigenvalue weighted by molar-refractivity contribution is 7.98. The molecule has 0 aliphatic rings. The Bertz CT molecular complexity index is 1010. The summed E-state index contributed by atoms with van der Waals surface area (Å²) in [5.41, 5.74) is 5.18. The SMILES string of the molecule is Cc1cc(C)cc(-c2nnc(SCc3csc(-c4ccccn4)n3)o2)c1. The van der Waals surface area contributed by atoms with E-state index in [1.165, 1.54) is 22.9 Å². The second-order valence-corrected chi connectivity index (χ2v) is 7.68. The number of rotatable bonds is 5. The van der Waals surface area contributed by atoms with Crippen LogP contribution >= 0.6 is 23.1 Å². The van der Waals surface area contributed by atoms with Crippen LogP contribution in [0.3, 0.4) is 0 Å². The Morgan fingerprint density at radius 1 is 1.08 bits per heavy atom. The van der Waals surface area contributed by atoms with Crippen molar-refractivity contribution in [3.8, 4) is 22.2 Å². The van der Waals surface area contributed by atoms with Gasteiger partial charge in [-0.3, -0.25) is 4.98 Å². The van der Waals surface area contributed by atoms with Gasteiger partial charge in [-0.2, -0.15) is 0 Å². The molecule has 1 aromatic carbocycles. The van der Waals surface area contributed by atoms with E-state index in [0.29, 0.717) is 16.9 Å². The third kappa shape index (κ3) is 3.84. The number of nitrogens with zero attached hydrogens (tertiary/aromatic N) is 4. The molecule has 4 aromatic rings. The van der Waals surface area contributed by atoms with Gasteiger partial charge in [0.2, 0.25) is 5.89 Å². The van der Waals surface area contributed by atoms with Crippen LogP contribution in [-0.4, -0.2) is 20.2 Å². The van der Waals surface area contributed by atoms with Crippen molar-refractivity contribution < 1.29 is 4.42 Å². The fourth-order valence-electron chi connectivity index (χ4n) is 2.60. The maximum Gasteiger partial charge on any atom is 0.277 e. The first kappa shape index (κ1) is 16.9. The van der Waals surface area contributed by atoms with Crippen molar-refractivity contribution in [3.05, 3.63) is 64.8 Å². The second kappa shape index (κ2) is 7.39. The van der Waals surface area contributed by atoms with Crippen molar-refractivity contribution in [3.63, 3.8) is 0 Å². The molecular formula is C19H16N4OS2. The van der Waals surface area contributed by atoms with Crippen LogP contribution in [-0.2, 0) is 5.75 Å². The zero-order valence-electron chi connectivity index (χ0n) is 14.3. The minimum absolute atomic E-state index is 0.548. The van der Waals surface area contributed by atoms with E-state index < -0.39 is 0 Å². The van der Waals surface area contributed by atoms with E-state index in [-0.39, 0.29) is 0 Å². The minimum Gasteiger partial charge on any atom is -0.411 e. The van der Waals surface area contributed by atoms with Gasteiger partial charge in [0.25, 0.3) is 5.22 Å². The molecule has 0 atom stereocenters. The molecule has 3 heterocycles. The van der Waals surface area contributed by atoms with Gasteiger partial charge in [0, 0.05) is 22.9 Å². The van der Waals surface area contributed by atoms with Crippen molar-refractivity contribution in [2.24, 2.45) is 0 Å². The summed E-state index contributed by atoms with van der Waals surface area (Å²) in [5.74, 6) is 1.23. The van der Waals surface area contributed by atoms with Crippen LogP contribution in [0.5, 0.6) is 0 Å². The van der Waals surface area contributed by atoms with Gasteiger partial charge in [0.05, 0.1) is 11.4 Å². The molecular weight excluding hydrogens is 364 g/mol. The van der Waals surface area contributed by atoms with E-state index in [4.69, 9.17) is 4.42 Å². The van der Waals surface area contributed by atoms with Gasteiger partial charge in [-0.05, 0) is 38.1 Å². The first-order chi connectivity index (χ1) is 12.7. The zero-order chi connectivity index (χ0) is 17.9. The molecule has 0 unspecified atom stereocenters. The summed E-state index contributed by atoms with van der Waals surface area (Å²) in [6.07, 6.45) is 1.78. The van der Waals surface area contributed by atoms with Gasteiger partial charge in [-0.25, -0.2) is 4.98 Å². The molecule has 0 fully saturated rings. The first-order valence-electron chi connectivity index (χ1n) is 8.08. The summed E-state index contributed by atoms with van der Waals surface area (Å²) < 4.78 is 5.80. The van der Waals surface area contributed by atoms with Gasteiger partial charge < -0.3 is 4.42 Å². The Morgan fingerprint density at radius 3 is 2.69 bits per heavy atom. The van der Waals surface area contributed by atoms with Gasteiger partial charge in [0.15, 0.2) is 0 Å². The Labute approximate surface area is 159 Å². The monoisotopic (exact) mass is 380 g/mol. The van der Waals surface area contributed by atoms with Crippen molar-refractivity contribution in [1.29, 1.82) is 0 Å². The summed E-state index contributed by atoms with van der Waals surface area (Å²) in [4.78, 5) is 8.96. The Hall–Kier alpha value is -2.51. The average molecular weight is 380 g/mol. The molecule has 5 nitrogen and oxygen atoms in total. The Balaban J connectivity index is 1.44. The smallest absolute Gasteiger partial charge is 0.277 e. The molecule has 3 aromatic heterocycles. The first-order valence-corrected chi connectivity index (χ1v) is 9.95. The minimum atomic E-state index is 0.548. The molecule has 0 aliphatic carbocycles. The highest BCUT2D eigenvalue weighted by atomic mass is 32.2. The topological polar surface area (TPSA) is 64.7 Å². The number of pyridine rings is 1. The normalized spacial score (nSPS) is 11.0. The van der Waals surface area contributed by atoms with Gasteiger partial charge in [-0.15, -0.1) is 21.5 Å². The van der Waals surface area contributed by atoms with E-state index in [1.54, 1.807) is 17.5 Å². The standard InChI is InChI=1S/C19H16N4OS2/c1-12-7-13(2)9-14(8-12)17-22-23-19(24-17)26-11-15-10-25-18(21-15)16-5-3-4-6-20-16/h3-10H,11H2,1-2H3. The number of thioether (sulfide) groups is 1. The fraction of sp³-hybridized carbons (Fsp3) is 0.158. The van der Waals surface area contributed by atoms with E-state index in [1.807, 2.05) is 23.6 Å². The van der Waals surface area contributed by atoms with Crippen molar-refractivity contribution in [2.75, 3.05) is 0 Å². The van der Waals surface area contributed by atoms with Crippen molar-refractivity contribution >= 4 is 23.1 Å². The van der Waals surface area contributed by atoms with E-state index >= 15 is 0 Å². The van der Waals surface area contributed by atoms with Gasteiger partial charge >= 0.3 is 0 Å². The number of thiazole rings is 1. The molecule has 0 spiro atoms. The van der Waals surface area contributed by atoms with Crippen LogP contribution < -0.4 is 0 Å². The molecule has 0 bridgehead atoms. The lowest BCUT2D eigenvalue weighted by Gasteiger charge is -2.00. The fourth-order valence-corrected chi connectivity index (χ4v) is 4.16. The van der Waals surface area contributed by atoms with E-state index in [9.17, 15) is 0 Å². The van der Waals surface area contributed by atoms with Crippen LogP contribution in [0.2, 0.25) is 0 Å². The summed E-state index contributed by atoms with van der Waals surface area (Å²) in [5, 5.41) is 11.8. The molecule has 0 radical (unpaired) electrons. The Kier molecular flexibility index (Phi) is 4.81. The predicted molar refractivity (Wildman–Crippen MR) is 104 cm³/mol. The second-order valence-electron chi connectivity index (χ2n) is 5.90. The molecule has 0 amide bonds. The number of hydrogen-bond acceptors (Lipinski definition) is 7. The lowest BCUT2D eigenvalue weighted by molar-refractivity contribution is 0.465. The van der Waals surface area contributed by atoms with E-state index in [2.05, 4.69) is 52.2 Å².